The second-order valence-corrected chi connectivity index (χ2v) is 7.05. The molecule has 1 heterocycles. The molecule has 2 aromatic rings. The second-order valence-electron chi connectivity index (χ2n) is 4.24. The number of carbonyl (C=O) groups excluding carboxylic acids is 1. The van der Waals surface area contributed by atoms with E-state index in [0.717, 1.165) is 14.5 Å². The van der Waals surface area contributed by atoms with Gasteiger partial charge < -0.3 is 4.74 Å². The predicted octanol–water partition coefficient (Wildman–Crippen LogP) is 1.45. The molecule has 114 valence electrons. The summed E-state index contributed by atoms with van der Waals surface area (Å²) in [7, 11) is -1.09. The van der Waals surface area contributed by atoms with Crippen molar-refractivity contribution in [2.45, 2.75) is 6.42 Å². The molecule has 0 saturated carbocycles. The molecule has 0 unspecified atom stereocenters. The van der Waals surface area contributed by atoms with Crippen LogP contribution in [0.15, 0.2) is 24.3 Å². The summed E-state index contributed by atoms with van der Waals surface area (Å²) in [5, 5.41) is 0.293. The fourth-order valence-corrected chi connectivity index (χ4v) is 3.53. The molecule has 0 aliphatic heterocycles. The first-order valence-electron chi connectivity index (χ1n) is 6.09. The summed E-state index contributed by atoms with van der Waals surface area (Å²) in [4.78, 5) is 15.2. The van der Waals surface area contributed by atoms with Gasteiger partial charge >= 0.3 is 16.2 Å². The van der Waals surface area contributed by atoms with E-state index in [4.69, 9.17) is 0 Å². The zero-order valence-electron chi connectivity index (χ0n) is 11.6. The van der Waals surface area contributed by atoms with Crippen LogP contribution in [0.2, 0.25) is 0 Å². The molecule has 0 atom stereocenters. The molecule has 7 nitrogen and oxygen atoms in total. The lowest BCUT2D eigenvalue weighted by Crippen LogP contribution is -2.34. The van der Waals surface area contributed by atoms with Gasteiger partial charge in [0.25, 0.3) is 0 Å². The number of benzene rings is 1. The van der Waals surface area contributed by atoms with Crippen molar-refractivity contribution in [3.8, 4) is 0 Å². The second kappa shape index (κ2) is 6.37. The van der Waals surface area contributed by atoms with Gasteiger partial charge in [0.2, 0.25) is 0 Å². The summed E-state index contributed by atoms with van der Waals surface area (Å²) in [5.41, 5.74) is 0.734. The molecule has 0 radical (unpaired) electrons. The van der Waals surface area contributed by atoms with Crippen molar-refractivity contribution < 1.29 is 17.9 Å². The van der Waals surface area contributed by atoms with E-state index in [9.17, 15) is 13.2 Å². The molecule has 1 aromatic carbocycles. The van der Waals surface area contributed by atoms with Crippen molar-refractivity contribution >= 4 is 42.9 Å². The standard InChI is InChI=1S/C12H15N3O4S2/c1-15(8-7-11(16)19-2)21(17,18)14-12-13-9-5-3-4-6-10(9)20-12/h3-6H,7-8H2,1-2H3,(H,13,14). The fraction of sp³-hybridized carbons (Fsp3) is 0.333. The van der Waals surface area contributed by atoms with Crippen molar-refractivity contribution in [3.63, 3.8) is 0 Å². The number of aromatic nitrogens is 1. The zero-order valence-corrected chi connectivity index (χ0v) is 13.2. The van der Waals surface area contributed by atoms with Gasteiger partial charge in [0.1, 0.15) is 0 Å². The Hall–Kier alpha value is -1.71. The molecule has 0 spiro atoms. The number of nitrogens with zero attached hydrogens (tertiary/aromatic N) is 2. The first kappa shape index (κ1) is 15.7. The van der Waals surface area contributed by atoms with Crippen molar-refractivity contribution in [2.24, 2.45) is 0 Å². The highest BCUT2D eigenvalue weighted by atomic mass is 32.2. The lowest BCUT2D eigenvalue weighted by Gasteiger charge is -2.16. The van der Waals surface area contributed by atoms with Crippen molar-refractivity contribution in [1.29, 1.82) is 0 Å². The minimum atomic E-state index is -3.74. The smallest absolute Gasteiger partial charge is 0.306 e. The van der Waals surface area contributed by atoms with Gasteiger partial charge in [0.05, 0.1) is 23.7 Å². The van der Waals surface area contributed by atoms with Crippen LogP contribution in [0.5, 0.6) is 0 Å². The summed E-state index contributed by atoms with van der Waals surface area (Å²) in [6.45, 7) is 0.0346. The van der Waals surface area contributed by atoms with Crippen LogP contribution in [0, 0.1) is 0 Å². The highest BCUT2D eigenvalue weighted by Crippen LogP contribution is 2.26. The van der Waals surface area contributed by atoms with Gasteiger partial charge in [-0.3, -0.25) is 4.79 Å². The van der Waals surface area contributed by atoms with Gasteiger partial charge in [-0.05, 0) is 12.1 Å². The molecule has 0 aliphatic carbocycles. The molecular formula is C12H15N3O4S2. The minimum absolute atomic E-state index is 0.00620. The van der Waals surface area contributed by atoms with Crippen LogP contribution in [0.4, 0.5) is 5.13 Å². The largest absolute Gasteiger partial charge is 0.469 e. The molecule has 9 heteroatoms. The molecule has 0 aliphatic rings. The maximum absolute atomic E-state index is 12.1. The number of thiazole rings is 1. The Labute approximate surface area is 126 Å². The number of fused-ring (bicyclic) bond motifs is 1. The number of methoxy groups -OCH3 is 1. The average Bonchev–Trinajstić information content (AvgIpc) is 2.85. The Morgan fingerprint density at radius 3 is 2.81 bits per heavy atom. The maximum atomic E-state index is 12.1. The minimum Gasteiger partial charge on any atom is -0.469 e. The lowest BCUT2D eigenvalue weighted by atomic mass is 10.3. The highest BCUT2D eigenvalue weighted by molar-refractivity contribution is 7.90. The SMILES string of the molecule is COC(=O)CCN(C)S(=O)(=O)Nc1nc2ccccc2s1. The number of hydrogen-bond acceptors (Lipinski definition) is 6. The number of nitrogens with one attached hydrogen (secondary N) is 1. The zero-order chi connectivity index (χ0) is 15.5. The van der Waals surface area contributed by atoms with Crippen LogP contribution in [-0.2, 0) is 19.7 Å². The van der Waals surface area contributed by atoms with Gasteiger partial charge in [-0.1, -0.05) is 23.5 Å². The van der Waals surface area contributed by atoms with Crippen LogP contribution in [0.1, 0.15) is 6.42 Å². The van der Waals surface area contributed by atoms with E-state index in [1.807, 2.05) is 24.3 Å². The quantitative estimate of drug-likeness (QED) is 0.810. The Kier molecular flexibility index (Phi) is 4.76. The van der Waals surface area contributed by atoms with Gasteiger partial charge in [-0.25, -0.2) is 9.71 Å². The van der Waals surface area contributed by atoms with E-state index >= 15 is 0 Å². The third-order valence-corrected chi connectivity index (χ3v) is 5.31. The maximum Gasteiger partial charge on any atom is 0.306 e. The molecule has 0 fully saturated rings. The number of anilines is 1. The van der Waals surface area contributed by atoms with Gasteiger partial charge in [-0.2, -0.15) is 12.7 Å². The van der Waals surface area contributed by atoms with Gasteiger partial charge in [0.15, 0.2) is 5.13 Å². The number of carbonyl (C=O) groups is 1. The van der Waals surface area contributed by atoms with Crippen molar-refractivity contribution in [1.82, 2.24) is 9.29 Å². The number of esters is 1. The third kappa shape index (κ3) is 3.90. The normalized spacial score (nSPS) is 11.8. The Morgan fingerprint density at radius 1 is 1.43 bits per heavy atom. The van der Waals surface area contributed by atoms with Crippen molar-refractivity contribution in [3.05, 3.63) is 24.3 Å². The molecule has 0 bridgehead atoms. The van der Waals surface area contributed by atoms with Crippen molar-refractivity contribution in [2.75, 3.05) is 25.4 Å². The van der Waals surface area contributed by atoms with E-state index in [1.54, 1.807) is 0 Å². The molecule has 2 rings (SSSR count). The summed E-state index contributed by atoms with van der Waals surface area (Å²) >= 11 is 1.25. The summed E-state index contributed by atoms with van der Waals surface area (Å²) in [6, 6.07) is 7.38. The van der Waals surface area contributed by atoms with E-state index in [1.165, 1.54) is 25.5 Å². The number of ether oxygens (including phenoxy) is 1. The summed E-state index contributed by atoms with van der Waals surface area (Å²) in [6.07, 6.45) is -0.00620. The third-order valence-electron chi connectivity index (χ3n) is 2.78. The Bertz CT molecular complexity index is 709. The van der Waals surface area contributed by atoms with Crippen LogP contribution >= 0.6 is 11.3 Å². The van der Waals surface area contributed by atoms with Crippen LogP contribution < -0.4 is 4.72 Å². The lowest BCUT2D eigenvalue weighted by molar-refractivity contribution is -0.140. The van der Waals surface area contributed by atoms with Gasteiger partial charge in [0, 0.05) is 13.6 Å². The van der Waals surface area contributed by atoms with E-state index in [-0.39, 0.29) is 13.0 Å². The average molecular weight is 329 g/mol. The fourth-order valence-electron chi connectivity index (χ4n) is 1.58. The summed E-state index contributed by atoms with van der Waals surface area (Å²) in [5.74, 6) is -0.461. The van der Waals surface area contributed by atoms with E-state index in [2.05, 4.69) is 14.4 Å². The highest BCUT2D eigenvalue weighted by Gasteiger charge is 2.20. The summed E-state index contributed by atoms with van der Waals surface area (Å²) < 4.78 is 33.0. The first-order valence-corrected chi connectivity index (χ1v) is 8.34. The number of rotatable bonds is 6. The predicted molar refractivity (Wildman–Crippen MR) is 81.4 cm³/mol. The van der Waals surface area contributed by atoms with E-state index < -0.39 is 16.2 Å². The van der Waals surface area contributed by atoms with Crippen LogP contribution in [0.3, 0.4) is 0 Å². The van der Waals surface area contributed by atoms with E-state index in [0.29, 0.717) is 5.13 Å². The number of para-hydroxylation sites is 1. The molecule has 0 amide bonds. The molecule has 0 saturated heterocycles. The molecule has 21 heavy (non-hydrogen) atoms. The Balaban J connectivity index is 2.07. The molecule has 1 aromatic heterocycles. The Morgan fingerprint density at radius 2 is 2.14 bits per heavy atom. The monoisotopic (exact) mass is 329 g/mol. The van der Waals surface area contributed by atoms with Crippen LogP contribution in [-0.4, -0.2) is 44.4 Å². The molecular weight excluding hydrogens is 314 g/mol. The van der Waals surface area contributed by atoms with Crippen LogP contribution in [0.25, 0.3) is 10.2 Å². The topological polar surface area (TPSA) is 88.6 Å². The number of hydrogen-bond donors (Lipinski definition) is 1. The van der Waals surface area contributed by atoms with Gasteiger partial charge in [-0.15, -0.1) is 0 Å². The first-order chi connectivity index (χ1) is 9.92. The molecule has 1 N–H and O–H groups in total.